The quantitative estimate of drug-likeness (QED) is 0.0782. The molecule has 3 aromatic rings. The summed E-state index contributed by atoms with van der Waals surface area (Å²) in [5.41, 5.74) is 1.79. The number of hydrogen-bond acceptors (Lipinski definition) is 12. The molecule has 0 saturated heterocycles. The van der Waals surface area contributed by atoms with Crippen LogP contribution >= 0.6 is 10.0 Å². The monoisotopic (exact) mass is 673 g/mol. The number of aliphatic hydroxyl groups excluding tert-OH is 5. The first-order valence-electron chi connectivity index (χ1n) is 14.6. The smallest absolute Gasteiger partial charge is 0.369 e. The molecule has 0 radical (unpaired) electrons. The fourth-order valence-corrected chi connectivity index (χ4v) is 6.45. The van der Waals surface area contributed by atoms with Crippen LogP contribution in [-0.4, -0.2) is 90.7 Å². The van der Waals surface area contributed by atoms with Crippen molar-refractivity contribution in [1.29, 1.82) is 0 Å². The molecular weight excluding hydrogens is 634 g/mol. The van der Waals surface area contributed by atoms with E-state index >= 15 is 0 Å². The van der Waals surface area contributed by atoms with Crippen LogP contribution in [0.3, 0.4) is 0 Å². The van der Waals surface area contributed by atoms with Gasteiger partial charge in [0.05, 0.1) is 16.6 Å². The summed E-state index contributed by atoms with van der Waals surface area (Å²) in [5, 5.41) is 47.2. The van der Waals surface area contributed by atoms with E-state index in [0.29, 0.717) is 16.7 Å². The van der Waals surface area contributed by atoms with Crippen LogP contribution in [-0.2, 0) is 38.8 Å². The Labute approximate surface area is 273 Å². The summed E-state index contributed by atoms with van der Waals surface area (Å²) >= 11 is 0. The molecule has 3 aromatic carbocycles. The lowest BCUT2D eigenvalue weighted by atomic mass is 10.0. The van der Waals surface area contributed by atoms with E-state index in [1.165, 1.54) is 0 Å². The first-order valence-corrected chi connectivity index (χ1v) is 16.4. The molecule has 0 spiro atoms. The largest absolute Gasteiger partial charge is 0.453 e. The van der Waals surface area contributed by atoms with Gasteiger partial charge in [0.15, 0.2) is 6.10 Å². The minimum absolute atomic E-state index is 0.187. The minimum atomic E-state index is -3.85. The van der Waals surface area contributed by atoms with E-state index in [-0.39, 0.29) is 32.8 Å². The average Bonchev–Trinajstić information content (AvgIpc) is 3.11. The molecule has 254 valence electrons. The normalized spacial score (nSPS) is 14.1. The number of amides is 1. The number of rotatable bonds is 15. The van der Waals surface area contributed by atoms with Gasteiger partial charge in [-0.1, -0.05) is 91.0 Å². The van der Waals surface area contributed by atoms with Gasteiger partial charge in [0.25, 0.3) is 5.91 Å². The molecule has 13 nitrogen and oxygen atoms in total. The molecule has 14 heteroatoms. The van der Waals surface area contributed by atoms with Crippen molar-refractivity contribution < 1.29 is 58.9 Å². The van der Waals surface area contributed by atoms with E-state index in [2.05, 4.69) is 5.32 Å². The number of carbonyl (C=O) groups is 4. The first kappa shape index (κ1) is 37.2. The zero-order valence-electron chi connectivity index (χ0n) is 25.4. The predicted molar refractivity (Wildman–Crippen MR) is 171 cm³/mol. The van der Waals surface area contributed by atoms with Gasteiger partial charge in [0.1, 0.15) is 38.1 Å². The Morgan fingerprint density at radius 3 is 1.36 bits per heavy atom. The van der Waals surface area contributed by atoms with Crippen LogP contribution in [0.2, 0.25) is 0 Å². The van der Waals surface area contributed by atoms with Gasteiger partial charge in [-0.15, -0.1) is 0 Å². The molecule has 3 rings (SSSR count). The third-order valence-corrected chi connectivity index (χ3v) is 9.86. The summed E-state index contributed by atoms with van der Waals surface area (Å²) < 4.78 is 16.5. The third-order valence-electron chi connectivity index (χ3n) is 6.90. The third kappa shape index (κ3) is 10.6. The maximum Gasteiger partial charge on any atom is 0.369 e. The topological polar surface area (TPSA) is 209 Å². The molecule has 0 bridgehead atoms. The average molecular weight is 674 g/mol. The van der Waals surface area contributed by atoms with Crippen LogP contribution in [0.1, 0.15) is 23.1 Å². The Bertz CT molecular complexity index is 1290. The van der Waals surface area contributed by atoms with Gasteiger partial charge in [-0.2, -0.15) is 0 Å². The van der Waals surface area contributed by atoms with Gasteiger partial charge in [-0.05, 0) is 23.1 Å². The van der Waals surface area contributed by atoms with Crippen molar-refractivity contribution in [3.63, 3.8) is 0 Å². The zero-order chi connectivity index (χ0) is 34.2. The van der Waals surface area contributed by atoms with E-state index in [1.807, 2.05) is 0 Å². The molecular formula is C33H39NO12S. The molecule has 0 aromatic heterocycles. The molecule has 0 unspecified atom stereocenters. The Morgan fingerprint density at radius 1 is 0.617 bits per heavy atom. The first-order chi connectivity index (χ1) is 22.6. The van der Waals surface area contributed by atoms with Gasteiger partial charge >= 0.3 is 15.9 Å². The van der Waals surface area contributed by atoms with Gasteiger partial charge < -0.3 is 45.1 Å². The van der Waals surface area contributed by atoms with Crippen molar-refractivity contribution in [2.45, 2.75) is 50.7 Å². The highest BCUT2D eigenvalue weighted by Crippen LogP contribution is 2.54. The predicted octanol–water partition coefficient (Wildman–Crippen LogP) is 2.74. The molecule has 4 atom stereocenters. The molecule has 0 fully saturated rings. The maximum absolute atomic E-state index is 13.8. The molecule has 0 saturated carbocycles. The Morgan fingerprint density at radius 2 is 1.00 bits per heavy atom. The van der Waals surface area contributed by atoms with E-state index < -0.39 is 68.6 Å². The van der Waals surface area contributed by atoms with E-state index in [9.17, 15) is 39.6 Å². The molecule has 47 heavy (non-hydrogen) atoms. The highest BCUT2D eigenvalue weighted by molar-refractivity contribution is 8.64. The number of ether oxygens (including phenoxy) is 3. The summed E-state index contributed by atoms with van der Waals surface area (Å²) in [6.07, 6.45) is -8.38. The van der Waals surface area contributed by atoms with Crippen LogP contribution in [0.4, 0.5) is 14.4 Å². The summed E-state index contributed by atoms with van der Waals surface area (Å²) in [6.45, 7) is -2.00. The van der Waals surface area contributed by atoms with Gasteiger partial charge in [0, 0.05) is 12.3 Å². The summed E-state index contributed by atoms with van der Waals surface area (Å²) in [6, 6.07) is 25.8. The van der Waals surface area contributed by atoms with Crippen molar-refractivity contribution in [2.24, 2.45) is 0 Å². The standard InChI is InChI=1S/C33H39NO12S/c35-19-26(36)27(37)28(38)29(39)30(40)34-17-10-18-47(31(41)44-20-23-11-4-1-5-12-23,32(42)45-21-24-13-6-2-7-14-24)33(43)46-22-25-15-8-3-9-16-25/h1-9,11-16,26-29,35-39H,10,17-22H2,(H,34,40)/t26-,27-,28+,29-/m1/s1. The second kappa shape index (κ2) is 18.7. The lowest BCUT2D eigenvalue weighted by Crippen LogP contribution is -2.51. The van der Waals surface area contributed by atoms with E-state index in [1.54, 1.807) is 91.0 Å². The molecule has 0 aliphatic heterocycles. The lowest BCUT2D eigenvalue weighted by molar-refractivity contribution is -0.148. The maximum atomic E-state index is 13.8. The minimum Gasteiger partial charge on any atom is -0.453 e. The van der Waals surface area contributed by atoms with Crippen molar-refractivity contribution in [3.8, 4) is 0 Å². The van der Waals surface area contributed by atoms with Crippen molar-refractivity contribution in [2.75, 3.05) is 18.9 Å². The zero-order valence-corrected chi connectivity index (χ0v) is 26.2. The van der Waals surface area contributed by atoms with Crippen LogP contribution in [0.25, 0.3) is 0 Å². The molecule has 0 aliphatic carbocycles. The molecule has 1 amide bonds. The second-order valence-corrected chi connectivity index (χ2v) is 13.2. The Kier molecular flexibility index (Phi) is 14.8. The van der Waals surface area contributed by atoms with Crippen LogP contribution < -0.4 is 5.32 Å². The summed E-state index contributed by atoms with van der Waals surface area (Å²) in [4.78, 5) is 53.9. The van der Waals surface area contributed by atoms with Crippen molar-refractivity contribution in [1.82, 2.24) is 5.32 Å². The SMILES string of the molecule is O=C(NCCCS(C(=O)OCc1ccccc1)(C(=O)OCc1ccccc1)C(=O)OCc1ccccc1)[C@H](O)[C@@H](O)[C@H](O)[C@H](O)CO. The number of aliphatic hydroxyl groups is 5. The molecule has 0 aliphatic rings. The fourth-order valence-electron chi connectivity index (χ4n) is 4.19. The Balaban J connectivity index is 1.83. The molecule has 0 heterocycles. The van der Waals surface area contributed by atoms with E-state index in [0.717, 1.165) is 0 Å². The fraction of sp³-hybridized carbons (Fsp3) is 0.333. The number of benzene rings is 3. The summed E-state index contributed by atoms with van der Waals surface area (Å²) in [7, 11) is -3.85. The van der Waals surface area contributed by atoms with Crippen molar-refractivity contribution >= 4 is 31.8 Å². The number of carbonyl (C=O) groups excluding carboxylic acids is 4. The lowest BCUT2D eigenvalue weighted by Gasteiger charge is -2.31. The molecule has 6 N–H and O–H groups in total. The summed E-state index contributed by atoms with van der Waals surface area (Å²) in [5.74, 6) is -1.63. The van der Waals surface area contributed by atoms with Gasteiger partial charge in [-0.25, -0.2) is 14.4 Å². The highest BCUT2D eigenvalue weighted by atomic mass is 32.3. The Hall–Kier alpha value is -4.31. The highest BCUT2D eigenvalue weighted by Gasteiger charge is 2.51. The van der Waals surface area contributed by atoms with Gasteiger partial charge in [0.2, 0.25) is 0 Å². The second-order valence-electron chi connectivity index (χ2n) is 10.3. The number of nitrogens with one attached hydrogen (secondary N) is 1. The van der Waals surface area contributed by atoms with Crippen LogP contribution in [0, 0.1) is 0 Å². The van der Waals surface area contributed by atoms with Crippen molar-refractivity contribution in [3.05, 3.63) is 108 Å². The number of hydrogen-bond donors (Lipinski definition) is 6. The van der Waals surface area contributed by atoms with Crippen LogP contribution in [0.5, 0.6) is 0 Å². The van der Waals surface area contributed by atoms with Crippen LogP contribution in [0.15, 0.2) is 91.0 Å². The van der Waals surface area contributed by atoms with E-state index in [4.69, 9.17) is 19.3 Å². The van der Waals surface area contributed by atoms with Gasteiger partial charge in [-0.3, -0.25) is 4.79 Å².